The molecule has 1 aliphatic heterocycles. The lowest BCUT2D eigenvalue weighted by Gasteiger charge is -2.32. The van der Waals surface area contributed by atoms with Gasteiger partial charge in [0.1, 0.15) is 0 Å². The average molecular weight is 304 g/mol. The molecule has 0 amide bonds. The van der Waals surface area contributed by atoms with Gasteiger partial charge in [0.05, 0.1) is 11.2 Å². The molecule has 0 aliphatic carbocycles. The number of hydrogen-bond acceptors (Lipinski definition) is 2. The minimum atomic E-state index is -4.16. The summed E-state index contributed by atoms with van der Waals surface area (Å²) in [5, 5.41) is 0. The van der Waals surface area contributed by atoms with Gasteiger partial charge in [0.2, 0.25) is 0 Å². The van der Waals surface area contributed by atoms with Crippen LogP contribution in [0.2, 0.25) is 0 Å². The Kier molecular flexibility index (Phi) is 3.87. The van der Waals surface area contributed by atoms with Crippen LogP contribution in [0.25, 0.3) is 0 Å². The number of hydrogen-bond donors (Lipinski definition) is 0. The fourth-order valence-electron chi connectivity index (χ4n) is 1.97. The molecule has 2 rings (SSSR count). The molecule has 0 saturated carbocycles. The van der Waals surface area contributed by atoms with E-state index in [-0.39, 0.29) is 0 Å². The van der Waals surface area contributed by atoms with Crippen molar-refractivity contribution in [3.8, 4) is 0 Å². The maximum absolute atomic E-state index is 13.2. The van der Waals surface area contributed by atoms with E-state index < -0.39 is 36.2 Å². The van der Waals surface area contributed by atoms with Crippen molar-refractivity contribution in [2.75, 3.05) is 0 Å². The number of rotatable bonds is 3. The predicted octanol–water partition coefficient (Wildman–Crippen LogP) is 3.34. The Morgan fingerprint density at radius 1 is 0.952 bits per heavy atom. The van der Waals surface area contributed by atoms with Crippen molar-refractivity contribution < 1.29 is 26.9 Å². The molecule has 1 aromatic carbocycles. The zero-order chi connectivity index (χ0) is 16.1. The minimum absolute atomic E-state index is 0.516. The third-order valence-corrected chi connectivity index (χ3v) is 4.10. The van der Waals surface area contributed by atoms with Gasteiger partial charge in [0, 0.05) is 5.56 Å². The van der Waals surface area contributed by atoms with Crippen molar-refractivity contribution in [1.82, 2.24) is 0 Å². The van der Waals surface area contributed by atoms with Gasteiger partial charge in [-0.05, 0) is 33.2 Å². The van der Waals surface area contributed by atoms with E-state index in [9.17, 15) is 17.6 Å². The van der Waals surface area contributed by atoms with Crippen LogP contribution in [0, 0.1) is 0 Å². The molecular formula is C14H17BF4O2. The van der Waals surface area contributed by atoms with Gasteiger partial charge in [0.25, 0.3) is 0 Å². The van der Waals surface area contributed by atoms with Crippen LogP contribution < -0.4 is 5.46 Å². The average Bonchev–Trinajstić information content (AvgIpc) is 2.58. The van der Waals surface area contributed by atoms with E-state index in [1.165, 1.54) is 12.1 Å². The third kappa shape index (κ3) is 2.81. The summed E-state index contributed by atoms with van der Waals surface area (Å²) in [6, 6.07) is 4.61. The Hall–Kier alpha value is -1.08. The number of halogens is 4. The molecule has 0 aromatic heterocycles. The topological polar surface area (TPSA) is 18.5 Å². The van der Waals surface area contributed by atoms with E-state index in [2.05, 4.69) is 0 Å². The highest BCUT2D eigenvalue weighted by Gasteiger charge is 2.52. The molecular weight excluding hydrogens is 287 g/mol. The molecule has 7 heteroatoms. The van der Waals surface area contributed by atoms with Crippen molar-refractivity contribution in [1.29, 1.82) is 0 Å². The lowest BCUT2D eigenvalue weighted by atomic mass is 9.78. The highest BCUT2D eigenvalue weighted by molar-refractivity contribution is 6.62. The quantitative estimate of drug-likeness (QED) is 0.630. The first-order valence-electron chi connectivity index (χ1n) is 6.59. The summed E-state index contributed by atoms with van der Waals surface area (Å²) >= 11 is 0. The zero-order valence-corrected chi connectivity index (χ0v) is 12.3. The molecule has 1 fully saturated rings. The van der Waals surface area contributed by atoms with Crippen LogP contribution in [-0.4, -0.2) is 24.7 Å². The first-order valence-corrected chi connectivity index (χ1v) is 6.59. The minimum Gasteiger partial charge on any atom is -0.399 e. The molecule has 0 radical (unpaired) electrons. The summed E-state index contributed by atoms with van der Waals surface area (Å²) in [6.07, 6.45) is -3.74. The fraction of sp³-hybridized carbons (Fsp3) is 0.571. The van der Waals surface area contributed by atoms with E-state index >= 15 is 0 Å². The summed E-state index contributed by atoms with van der Waals surface area (Å²) < 4.78 is 62.6. The molecule has 0 spiro atoms. The zero-order valence-electron chi connectivity index (χ0n) is 12.3. The molecule has 1 aliphatic rings. The highest BCUT2D eigenvalue weighted by atomic mass is 19.3. The summed E-state index contributed by atoms with van der Waals surface area (Å²) in [7, 11) is -0.704. The van der Waals surface area contributed by atoms with Crippen LogP contribution >= 0.6 is 0 Å². The molecule has 0 N–H and O–H groups in total. The van der Waals surface area contributed by atoms with Gasteiger partial charge < -0.3 is 9.31 Å². The van der Waals surface area contributed by atoms with E-state index in [0.29, 0.717) is 5.46 Å². The molecule has 0 bridgehead atoms. The Morgan fingerprint density at radius 3 is 1.76 bits per heavy atom. The van der Waals surface area contributed by atoms with Crippen molar-refractivity contribution >= 4 is 12.6 Å². The highest BCUT2D eigenvalue weighted by Crippen LogP contribution is 2.37. The molecule has 1 aromatic rings. The normalized spacial score (nSPS) is 21.1. The van der Waals surface area contributed by atoms with Gasteiger partial charge in [0.15, 0.2) is 0 Å². The molecule has 1 saturated heterocycles. The summed E-state index contributed by atoms with van der Waals surface area (Å²) in [4.78, 5) is 0. The first-order chi connectivity index (χ1) is 9.47. The van der Waals surface area contributed by atoms with Crippen LogP contribution in [0.1, 0.15) is 33.3 Å². The second-order valence-electron chi connectivity index (χ2n) is 6.13. The first kappa shape index (κ1) is 16.3. The Morgan fingerprint density at radius 2 is 1.38 bits per heavy atom. The van der Waals surface area contributed by atoms with Crippen LogP contribution in [-0.2, 0) is 15.2 Å². The lowest BCUT2D eigenvalue weighted by Crippen LogP contribution is -2.41. The Bertz CT molecular complexity index is 498. The van der Waals surface area contributed by atoms with Crippen molar-refractivity contribution in [2.24, 2.45) is 0 Å². The van der Waals surface area contributed by atoms with Gasteiger partial charge in [-0.3, -0.25) is 0 Å². The monoisotopic (exact) mass is 304 g/mol. The number of benzene rings is 1. The van der Waals surface area contributed by atoms with Crippen LogP contribution in [0.3, 0.4) is 0 Å². The third-order valence-electron chi connectivity index (χ3n) is 4.10. The van der Waals surface area contributed by atoms with E-state index in [0.717, 1.165) is 12.1 Å². The lowest BCUT2D eigenvalue weighted by molar-refractivity contribution is -0.135. The van der Waals surface area contributed by atoms with Gasteiger partial charge in [-0.1, -0.05) is 24.3 Å². The summed E-state index contributed by atoms with van der Waals surface area (Å²) in [5.41, 5.74) is -1.31. The maximum Gasteiger partial charge on any atom is 0.494 e. The molecule has 1 heterocycles. The van der Waals surface area contributed by atoms with Gasteiger partial charge in [-0.2, -0.15) is 8.78 Å². The molecule has 21 heavy (non-hydrogen) atoms. The SMILES string of the molecule is CC1(C)OB(c2ccc(C(F)(F)C(F)F)cc2)OC1(C)C. The van der Waals surface area contributed by atoms with Crippen LogP contribution in [0.15, 0.2) is 24.3 Å². The van der Waals surface area contributed by atoms with E-state index in [1.807, 2.05) is 27.7 Å². The summed E-state index contributed by atoms with van der Waals surface area (Å²) in [5.74, 6) is -4.16. The Balaban J connectivity index is 2.22. The maximum atomic E-state index is 13.2. The van der Waals surface area contributed by atoms with Gasteiger partial charge >= 0.3 is 19.5 Å². The van der Waals surface area contributed by atoms with E-state index in [4.69, 9.17) is 9.31 Å². The van der Waals surface area contributed by atoms with Crippen molar-refractivity contribution in [2.45, 2.75) is 51.2 Å². The van der Waals surface area contributed by atoms with Gasteiger partial charge in [-0.25, -0.2) is 8.78 Å². The molecule has 2 nitrogen and oxygen atoms in total. The van der Waals surface area contributed by atoms with Crippen LogP contribution in [0.4, 0.5) is 17.6 Å². The fourth-order valence-corrected chi connectivity index (χ4v) is 1.97. The van der Waals surface area contributed by atoms with E-state index in [1.54, 1.807) is 0 Å². The molecule has 0 atom stereocenters. The molecule has 116 valence electrons. The predicted molar refractivity (Wildman–Crippen MR) is 72.1 cm³/mol. The summed E-state index contributed by atoms with van der Waals surface area (Å²) in [6.45, 7) is 7.47. The standard InChI is InChI=1S/C14H17BF4O2/c1-12(2)13(3,4)21-15(20-12)10-7-5-9(6-8-10)14(18,19)11(16)17/h5-8,11H,1-4H3. The van der Waals surface area contributed by atoms with Crippen LogP contribution in [0.5, 0.6) is 0 Å². The van der Waals surface area contributed by atoms with Crippen molar-refractivity contribution in [3.05, 3.63) is 29.8 Å². The number of alkyl halides is 4. The largest absolute Gasteiger partial charge is 0.494 e. The molecule has 0 unspecified atom stereocenters. The smallest absolute Gasteiger partial charge is 0.399 e. The van der Waals surface area contributed by atoms with Crippen molar-refractivity contribution in [3.63, 3.8) is 0 Å². The second-order valence-corrected chi connectivity index (χ2v) is 6.13. The Labute approximate surface area is 121 Å². The second kappa shape index (κ2) is 4.99. The van der Waals surface area contributed by atoms with Gasteiger partial charge in [-0.15, -0.1) is 0 Å².